The smallest absolute Gasteiger partial charge is 0.186 e. The van der Waals surface area contributed by atoms with E-state index in [-0.39, 0.29) is 32.6 Å². The molecule has 2 heteroatoms. The average Bonchev–Trinajstić information content (AvgIpc) is 2.79. The molecular formula is C21H37NO. The Labute approximate surface area is 143 Å². The van der Waals surface area contributed by atoms with Gasteiger partial charge >= 0.3 is 0 Å². The lowest BCUT2D eigenvalue weighted by Gasteiger charge is -2.36. The zero-order valence-corrected chi connectivity index (χ0v) is 17.4. The van der Waals surface area contributed by atoms with Crippen molar-refractivity contribution in [2.45, 2.75) is 88.6 Å². The number of rotatable bonds is 0. The zero-order valence-electron chi connectivity index (χ0n) is 17.4. The van der Waals surface area contributed by atoms with Crippen molar-refractivity contribution >= 4 is 11.5 Å². The molecule has 2 rings (SSSR count). The van der Waals surface area contributed by atoms with Crippen molar-refractivity contribution in [3.05, 3.63) is 0 Å². The van der Waals surface area contributed by atoms with Crippen LogP contribution in [-0.2, 0) is 4.79 Å². The third-order valence-electron chi connectivity index (χ3n) is 6.13. The molecular weight excluding hydrogens is 282 g/mol. The molecule has 23 heavy (non-hydrogen) atoms. The Morgan fingerprint density at radius 3 is 1.43 bits per heavy atom. The van der Waals surface area contributed by atoms with E-state index in [9.17, 15) is 4.79 Å². The van der Waals surface area contributed by atoms with Crippen LogP contribution in [0.5, 0.6) is 0 Å². The summed E-state index contributed by atoms with van der Waals surface area (Å²) >= 11 is 0. The van der Waals surface area contributed by atoms with Crippen LogP contribution >= 0.6 is 0 Å². The molecule has 132 valence electrons. The summed E-state index contributed by atoms with van der Waals surface area (Å²) in [6.07, 6.45) is 0. The minimum Gasteiger partial charge on any atom is -0.292 e. The minimum atomic E-state index is -0.376. The fraction of sp³-hybridized carbons (Fsp3) is 0.905. The largest absolute Gasteiger partial charge is 0.292 e. The number of hydrogen-bond acceptors (Lipinski definition) is 2. The second-order valence-electron chi connectivity index (χ2n) is 11.9. The summed E-state index contributed by atoms with van der Waals surface area (Å²) < 4.78 is 0. The maximum absolute atomic E-state index is 13.7. The third kappa shape index (κ3) is 1.99. The van der Waals surface area contributed by atoms with Crippen molar-refractivity contribution in [3.63, 3.8) is 0 Å². The summed E-state index contributed by atoms with van der Waals surface area (Å²) in [6.45, 7) is 26.7. The predicted octanol–water partition coefficient (Wildman–Crippen LogP) is 5.55. The van der Waals surface area contributed by atoms with Crippen LogP contribution in [0.4, 0.5) is 0 Å². The van der Waals surface area contributed by atoms with E-state index in [1.54, 1.807) is 0 Å². The maximum atomic E-state index is 13.7. The molecule has 0 N–H and O–H groups in total. The fourth-order valence-corrected chi connectivity index (χ4v) is 5.65. The number of Topliss-reactive ketones (excluding diaryl/α,β-unsaturated/α-hetero) is 1. The Morgan fingerprint density at radius 1 is 0.783 bits per heavy atom. The molecule has 0 aromatic heterocycles. The lowest BCUT2D eigenvalue weighted by atomic mass is 9.65. The number of ketones is 1. The van der Waals surface area contributed by atoms with Crippen molar-refractivity contribution in [2.75, 3.05) is 0 Å². The molecule has 1 saturated carbocycles. The minimum absolute atomic E-state index is 0.0408. The normalized spacial score (nSPS) is 35.2. The molecule has 0 unspecified atom stereocenters. The van der Waals surface area contributed by atoms with Gasteiger partial charge in [0.05, 0.1) is 16.7 Å². The molecule has 1 aliphatic carbocycles. The molecule has 0 saturated heterocycles. The highest BCUT2D eigenvalue weighted by molar-refractivity contribution is 6.47. The summed E-state index contributed by atoms with van der Waals surface area (Å²) in [5.74, 6) is 0.605. The first kappa shape index (κ1) is 18.7. The molecule has 0 radical (unpaired) electrons. The molecule has 0 aromatic carbocycles. The molecule has 1 aliphatic heterocycles. The Morgan fingerprint density at radius 2 is 1.22 bits per heavy atom. The number of fused-ring (bicyclic) bond motifs is 1. The highest BCUT2D eigenvalue weighted by atomic mass is 16.1. The topological polar surface area (TPSA) is 29.4 Å². The number of aliphatic imine (C=N–C) groups is 1. The lowest BCUT2D eigenvalue weighted by molar-refractivity contribution is -0.123. The van der Waals surface area contributed by atoms with E-state index in [4.69, 9.17) is 4.99 Å². The van der Waals surface area contributed by atoms with Gasteiger partial charge in [-0.15, -0.1) is 0 Å². The summed E-state index contributed by atoms with van der Waals surface area (Å²) in [6, 6.07) is 0. The highest BCUT2D eigenvalue weighted by Crippen LogP contribution is 2.84. The van der Waals surface area contributed by atoms with Crippen LogP contribution in [0.2, 0.25) is 0 Å². The zero-order chi connectivity index (χ0) is 18.4. The van der Waals surface area contributed by atoms with Crippen LogP contribution in [0.1, 0.15) is 83.1 Å². The van der Waals surface area contributed by atoms with E-state index in [1.165, 1.54) is 0 Å². The standard InChI is InChI=1S/C21H37NO/c1-16(2,3)13-14(23)20(18(7,8)9)15(17(4,5)6)21(20,22-13)19(10,11)12/h15H,1-12H3/t15-,20-,21-/m1/s1. The van der Waals surface area contributed by atoms with Crippen molar-refractivity contribution in [1.29, 1.82) is 0 Å². The van der Waals surface area contributed by atoms with Gasteiger partial charge < -0.3 is 0 Å². The molecule has 1 fully saturated rings. The van der Waals surface area contributed by atoms with Crippen LogP contribution in [-0.4, -0.2) is 17.0 Å². The molecule has 0 spiro atoms. The third-order valence-corrected chi connectivity index (χ3v) is 6.13. The Kier molecular flexibility index (Phi) is 3.49. The number of carbonyl (C=O) groups excluding carboxylic acids is 1. The van der Waals surface area contributed by atoms with Gasteiger partial charge in [-0.05, 0) is 16.2 Å². The van der Waals surface area contributed by atoms with E-state index in [0.717, 1.165) is 5.71 Å². The van der Waals surface area contributed by atoms with Gasteiger partial charge in [-0.3, -0.25) is 9.79 Å². The van der Waals surface area contributed by atoms with Gasteiger partial charge in [0.25, 0.3) is 0 Å². The van der Waals surface area contributed by atoms with Gasteiger partial charge in [0.15, 0.2) is 5.78 Å². The first-order chi connectivity index (χ1) is 9.87. The van der Waals surface area contributed by atoms with Gasteiger partial charge in [-0.25, -0.2) is 0 Å². The SMILES string of the molecule is CC(C)(C)C1=N[C@@]2(C(C)(C)C)[C@H](C(C)(C)C)[C@@]2(C(C)(C)C)C1=O. The number of nitrogens with zero attached hydrogens (tertiary/aromatic N) is 1. The van der Waals surface area contributed by atoms with Crippen LogP contribution < -0.4 is 0 Å². The van der Waals surface area contributed by atoms with Crippen LogP contribution in [0.15, 0.2) is 4.99 Å². The molecule has 0 bridgehead atoms. The Balaban J connectivity index is 2.84. The van der Waals surface area contributed by atoms with Crippen LogP contribution in [0, 0.1) is 33.0 Å². The second-order valence-corrected chi connectivity index (χ2v) is 11.9. The summed E-state index contributed by atoms with van der Waals surface area (Å²) in [7, 11) is 0. The van der Waals surface area contributed by atoms with Gasteiger partial charge in [0, 0.05) is 11.3 Å². The number of carbonyl (C=O) groups is 1. The molecule has 0 aromatic rings. The summed E-state index contributed by atoms with van der Waals surface area (Å²) in [5, 5.41) is 0. The maximum Gasteiger partial charge on any atom is 0.186 e. The molecule has 1 heterocycles. The molecule has 2 nitrogen and oxygen atoms in total. The van der Waals surface area contributed by atoms with E-state index in [0.29, 0.717) is 11.7 Å². The van der Waals surface area contributed by atoms with Crippen molar-refractivity contribution in [3.8, 4) is 0 Å². The summed E-state index contributed by atoms with van der Waals surface area (Å²) in [5.41, 5.74) is -0.128. The monoisotopic (exact) mass is 319 g/mol. The quantitative estimate of drug-likeness (QED) is 0.575. The van der Waals surface area contributed by atoms with Gasteiger partial charge in [-0.1, -0.05) is 83.1 Å². The second kappa shape index (κ2) is 4.29. The Hall–Kier alpha value is -0.660. The Bertz CT molecular complexity index is 571. The van der Waals surface area contributed by atoms with Crippen molar-refractivity contribution < 1.29 is 4.79 Å². The average molecular weight is 320 g/mol. The van der Waals surface area contributed by atoms with Crippen LogP contribution in [0.25, 0.3) is 0 Å². The van der Waals surface area contributed by atoms with Gasteiger partial charge in [0.2, 0.25) is 0 Å². The summed E-state index contributed by atoms with van der Waals surface area (Å²) in [4.78, 5) is 19.0. The fourth-order valence-electron chi connectivity index (χ4n) is 5.65. The van der Waals surface area contributed by atoms with Gasteiger partial charge in [0.1, 0.15) is 0 Å². The van der Waals surface area contributed by atoms with E-state index in [2.05, 4.69) is 83.1 Å². The molecule has 0 amide bonds. The number of hydrogen-bond donors (Lipinski definition) is 0. The van der Waals surface area contributed by atoms with Crippen molar-refractivity contribution in [1.82, 2.24) is 0 Å². The highest BCUT2D eigenvalue weighted by Gasteiger charge is 2.91. The first-order valence-corrected chi connectivity index (χ1v) is 9.02. The van der Waals surface area contributed by atoms with Crippen LogP contribution in [0.3, 0.4) is 0 Å². The molecule has 3 atom stereocenters. The molecule has 2 aliphatic rings. The van der Waals surface area contributed by atoms with Gasteiger partial charge in [-0.2, -0.15) is 0 Å². The van der Waals surface area contributed by atoms with E-state index >= 15 is 0 Å². The lowest BCUT2D eigenvalue weighted by Crippen LogP contribution is -2.43. The van der Waals surface area contributed by atoms with E-state index in [1.807, 2.05) is 0 Å². The van der Waals surface area contributed by atoms with Crippen molar-refractivity contribution in [2.24, 2.45) is 38.0 Å². The predicted molar refractivity (Wildman–Crippen MR) is 98.9 cm³/mol. The van der Waals surface area contributed by atoms with E-state index < -0.39 is 0 Å². The first-order valence-electron chi connectivity index (χ1n) is 9.02.